The monoisotopic (exact) mass is 504 g/mol. The predicted octanol–water partition coefficient (Wildman–Crippen LogP) is 4.96. The fourth-order valence-electron chi connectivity index (χ4n) is 3.59. The number of rotatable bonds is 9. The van der Waals surface area contributed by atoms with Crippen molar-refractivity contribution >= 4 is 31.9 Å². The standard InChI is InChI=1S/C24H29BrN2O3S/c1-19-7-13-23(14-8-19)31(29,30)27(17-21-9-11-22(25)12-10-21)18-24(28)26-16-15-20-5-3-2-4-6-20/h5,7-14H,2-4,6,15-18H2,1H3,(H,26,28). The third kappa shape index (κ3) is 7.02. The maximum atomic E-state index is 13.3. The van der Waals surface area contributed by atoms with Crippen molar-refractivity contribution in [1.82, 2.24) is 9.62 Å². The number of carbonyl (C=O) groups excluding carboxylic acids is 1. The summed E-state index contributed by atoms with van der Waals surface area (Å²) in [5, 5.41) is 2.89. The van der Waals surface area contributed by atoms with Crippen LogP contribution in [0.15, 0.2) is 69.5 Å². The molecule has 0 unspecified atom stereocenters. The quantitative estimate of drug-likeness (QED) is 0.491. The number of sulfonamides is 1. The number of carbonyl (C=O) groups is 1. The normalized spacial score (nSPS) is 14.4. The largest absolute Gasteiger partial charge is 0.355 e. The molecule has 1 N–H and O–H groups in total. The van der Waals surface area contributed by atoms with Gasteiger partial charge in [-0.2, -0.15) is 4.31 Å². The lowest BCUT2D eigenvalue weighted by Crippen LogP contribution is -2.40. The van der Waals surface area contributed by atoms with E-state index in [-0.39, 0.29) is 23.9 Å². The van der Waals surface area contributed by atoms with Crippen molar-refractivity contribution in [2.24, 2.45) is 0 Å². The second kappa shape index (κ2) is 11.1. The predicted molar refractivity (Wildman–Crippen MR) is 127 cm³/mol. The summed E-state index contributed by atoms with van der Waals surface area (Å²) in [5.74, 6) is -0.288. The lowest BCUT2D eigenvalue weighted by molar-refractivity contribution is -0.121. The first-order valence-electron chi connectivity index (χ1n) is 10.6. The Morgan fingerprint density at radius 1 is 1.06 bits per heavy atom. The van der Waals surface area contributed by atoms with Crippen LogP contribution in [-0.4, -0.2) is 31.7 Å². The van der Waals surface area contributed by atoms with Gasteiger partial charge in [-0.25, -0.2) is 8.42 Å². The average Bonchev–Trinajstić information content (AvgIpc) is 2.76. The second-order valence-electron chi connectivity index (χ2n) is 7.92. The van der Waals surface area contributed by atoms with Crippen LogP contribution < -0.4 is 5.32 Å². The van der Waals surface area contributed by atoms with Crippen LogP contribution in [0.3, 0.4) is 0 Å². The zero-order valence-corrected chi connectivity index (χ0v) is 20.2. The molecule has 0 aliphatic heterocycles. The molecule has 0 fully saturated rings. The molecule has 1 aliphatic rings. The highest BCUT2D eigenvalue weighted by atomic mass is 79.9. The Morgan fingerprint density at radius 2 is 1.77 bits per heavy atom. The Hall–Kier alpha value is -1.96. The van der Waals surface area contributed by atoms with E-state index in [1.807, 2.05) is 31.2 Å². The van der Waals surface area contributed by atoms with E-state index in [1.54, 1.807) is 24.3 Å². The molecular weight excluding hydrogens is 476 g/mol. The Bertz CT molecular complexity index is 1020. The molecule has 5 nitrogen and oxygen atoms in total. The van der Waals surface area contributed by atoms with Crippen LogP contribution in [0, 0.1) is 6.92 Å². The maximum Gasteiger partial charge on any atom is 0.243 e. The summed E-state index contributed by atoms with van der Waals surface area (Å²) >= 11 is 3.40. The van der Waals surface area contributed by atoms with Crippen LogP contribution in [0.25, 0.3) is 0 Å². The van der Waals surface area contributed by atoms with Crippen LogP contribution in [0.2, 0.25) is 0 Å². The van der Waals surface area contributed by atoms with Gasteiger partial charge in [-0.05, 0) is 68.9 Å². The number of amides is 1. The molecule has 2 aromatic carbocycles. The van der Waals surface area contributed by atoms with Crippen molar-refractivity contribution < 1.29 is 13.2 Å². The molecule has 166 valence electrons. The average molecular weight is 505 g/mol. The minimum absolute atomic E-state index is 0.127. The van der Waals surface area contributed by atoms with E-state index in [9.17, 15) is 13.2 Å². The van der Waals surface area contributed by atoms with Crippen LogP contribution in [-0.2, 0) is 21.4 Å². The lowest BCUT2D eigenvalue weighted by atomic mass is 9.97. The highest BCUT2D eigenvalue weighted by Gasteiger charge is 2.27. The van der Waals surface area contributed by atoms with E-state index in [1.165, 1.54) is 22.7 Å². The van der Waals surface area contributed by atoms with Gasteiger partial charge in [0.05, 0.1) is 11.4 Å². The molecule has 0 saturated carbocycles. The fourth-order valence-corrected chi connectivity index (χ4v) is 5.24. The number of aryl methyl sites for hydroxylation is 1. The zero-order chi connectivity index (χ0) is 22.3. The van der Waals surface area contributed by atoms with Crippen molar-refractivity contribution in [3.8, 4) is 0 Å². The molecule has 0 aromatic heterocycles. The van der Waals surface area contributed by atoms with Gasteiger partial charge in [0.1, 0.15) is 0 Å². The van der Waals surface area contributed by atoms with Gasteiger partial charge in [0.2, 0.25) is 15.9 Å². The van der Waals surface area contributed by atoms with Crippen molar-refractivity contribution in [3.05, 3.63) is 75.8 Å². The molecule has 2 aromatic rings. The topological polar surface area (TPSA) is 66.5 Å². The van der Waals surface area contributed by atoms with Gasteiger partial charge < -0.3 is 5.32 Å². The molecular formula is C24H29BrN2O3S. The molecule has 0 atom stereocenters. The van der Waals surface area contributed by atoms with Gasteiger partial charge in [0.15, 0.2) is 0 Å². The number of allylic oxidation sites excluding steroid dienone is 1. The molecule has 0 saturated heterocycles. The molecule has 31 heavy (non-hydrogen) atoms. The number of nitrogens with one attached hydrogen (secondary N) is 1. The summed E-state index contributed by atoms with van der Waals surface area (Å²) in [6.45, 7) is 2.35. The molecule has 0 spiro atoms. The van der Waals surface area contributed by atoms with E-state index in [4.69, 9.17) is 0 Å². The van der Waals surface area contributed by atoms with E-state index in [0.29, 0.717) is 6.54 Å². The van der Waals surface area contributed by atoms with Crippen LogP contribution in [0.5, 0.6) is 0 Å². The van der Waals surface area contributed by atoms with E-state index < -0.39 is 10.0 Å². The summed E-state index contributed by atoms with van der Waals surface area (Å²) in [4.78, 5) is 12.8. The number of hydrogen-bond donors (Lipinski definition) is 1. The first-order valence-corrected chi connectivity index (χ1v) is 12.8. The fraction of sp³-hybridized carbons (Fsp3) is 0.375. The number of hydrogen-bond acceptors (Lipinski definition) is 3. The van der Waals surface area contributed by atoms with Crippen molar-refractivity contribution in [2.75, 3.05) is 13.1 Å². The van der Waals surface area contributed by atoms with Crippen molar-refractivity contribution in [3.63, 3.8) is 0 Å². The number of halogens is 1. The third-order valence-electron chi connectivity index (χ3n) is 5.40. The van der Waals surface area contributed by atoms with Crippen molar-refractivity contribution in [2.45, 2.75) is 50.5 Å². The third-order valence-corrected chi connectivity index (χ3v) is 7.74. The zero-order valence-electron chi connectivity index (χ0n) is 17.8. The molecule has 0 bridgehead atoms. The second-order valence-corrected chi connectivity index (χ2v) is 10.8. The first kappa shape index (κ1) is 23.7. The van der Waals surface area contributed by atoms with Gasteiger partial charge in [0.25, 0.3) is 0 Å². The van der Waals surface area contributed by atoms with E-state index >= 15 is 0 Å². The molecule has 1 amide bonds. The summed E-state index contributed by atoms with van der Waals surface area (Å²) in [6.07, 6.45) is 7.72. The molecule has 1 aliphatic carbocycles. The minimum Gasteiger partial charge on any atom is -0.355 e. The van der Waals surface area contributed by atoms with E-state index in [0.717, 1.165) is 34.9 Å². The lowest BCUT2D eigenvalue weighted by Gasteiger charge is -2.22. The summed E-state index contributed by atoms with van der Waals surface area (Å²) in [5.41, 5.74) is 3.18. The van der Waals surface area contributed by atoms with Crippen LogP contribution >= 0.6 is 15.9 Å². The highest BCUT2D eigenvalue weighted by Crippen LogP contribution is 2.21. The molecule has 3 rings (SSSR count). The van der Waals surface area contributed by atoms with Gasteiger partial charge in [-0.1, -0.05) is 57.4 Å². The van der Waals surface area contributed by atoms with Crippen molar-refractivity contribution in [1.29, 1.82) is 0 Å². The number of nitrogens with zero attached hydrogens (tertiary/aromatic N) is 1. The van der Waals surface area contributed by atoms with E-state index in [2.05, 4.69) is 27.3 Å². The Balaban J connectivity index is 1.71. The van der Waals surface area contributed by atoms with Gasteiger partial charge in [-0.15, -0.1) is 0 Å². The smallest absolute Gasteiger partial charge is 0.243 e. The maximum absolute atomic E-state index is 13.3. The summed E-state index contributed by atoms with van der Waals surface area (Å²) < 4.78 is 28.8. The van der Waals surface area contributed by atoms with Gasteiger partial charge in [0, 0.05) is 17.6 Å². The molecule has 7 heteroatoms. The first-order chi connectivity index (χ1) is 14.8. The summed E-state index contributed by atoms with van der Waals surface area (Å²) in [7, 11) is -3.82. The Kier molecular flexibility index (Phi) is 8.46. The van der Waals surface area contributed by atoms with Crippen LogP contribution in [0.1, 0.15) is 43.2 Å². The highest BCUT2D eigenvalue weighted by molar-refractivity contribution is 9.10. The SMILES string of the molecule is Cc1ccc(S(=O)(=O)N(CC(=O)NCCC2=CCCCC2)Cc2ccc(Br)cc2)cc1. The molecule has 0 radical (unpaired) electrons. The van der Waals surface area contributed by atoms with Gasteiger partial charge in [-0.3, -0.25) is 4.79 Å². The minimum atomic E-state index is -3.82. The Morgan fingerprint density at radius 3 is 2.42 bits per heavy atom. The van der Waals surface area contributed by atoms with Crippen LogP contribution in [0.4, 0.5) is 0 Å². The molecule has 0 heterocycles. The summed E-state index contributed by atoms with van der Waals surface area (Å²) in [6, 6.07) is 14.2. The number of benzene rings is 2. The van der Waals surface area contributed by atoms with Gasteiger partial charge >= 0.3 is 0 Å². The Labute approximate surface area is 193 Å².